The largest absolute Gasteiger partial charge is 0.478 e. The summed E-state index contributed by atoms with van der Waals surface area (Å²) in [5, 5.41) is 19.7. The molecule has 0 bridgehead atoms. The second-order valence-electron chi connectivity index (χ2n) is 5.50. The highest BCUT2D eigenvalue weighted by Crippen LogP contribution is 2.26. The number of benzene rings is 1. The van der Waals surface area contributed by atoms with Gasteiger partial charge in [-0.2, -0.15) is 0 Å². The van der Waals surface area contributed by atoms with Crippen LogP contribution in [0.5, 0.6) is 0 Å². The molecular formula is C17H19N3O5. The molecule has 0 spiro atoms. The molecule has 132 valence electrons. The second kappa shape index (κ2) is 8.11. The summed E-state index contributed by atoms with van der Waals surface area (Å²) < 4.78 is 0. The minimum absolute atomic E-state index is 0.00685. The molecule has 8 heteroatoms. The number of H-pyrrole nitrogens is 1. The van der Waals surface area contributed by atoms with Crippen LogP contribution in [-0.2, 0) is 16.0 Å². The molecule has 0 fully saturated rings. The first-order chi connectivity index (χ1) is 11.9. The van der Waals surface area contributed by atoms with Gasteiger partial charge in [0.15, 0.2) is 0 Å². The van der Waals surface area contributed by atoms with Crippen molar-refractivity contribution in [3.8, 4) is 0 Å². The van der Waals surface area contributed by atoms with Gasteiger partial charge in [0.2, 0.25) is 0 Å². The van der Waals surface area contributed by atoms with Crippen molar-refractivity contribution in [3.63, 3.8) is 0 Å². The van der Waals surface area contributed by atoms with Crippen LogP contribution in [0.15, 0.2) is 36.5 Å². The monoisotopic (exact) mass is 345 g/mol. The Morgan fingerprint density at radius 1 is 1.24 bits per heavy atom. The quantitative estimate of drug-likeness (QED) is 0.520. The molecule has 1 aliphatic rings. The van der Waals surface area contributed by atoms with E-state index in [9.17, 15) is 14.4 Å². The van der Waals surface area contributed by atoms with Gasteiger partial charge >= 0.3 is 11.9 Å². The number of carbonyl (C=O) groups excluding carboxylic acids is 1. The lowest BCUT2D eigenvalue weighted by atomic mass is 10.0. The molecule has 1 amide bonds. The summed E-state index contributed by atoms with van der Waals surface area (Å²) in [6.07, 6.45) is 4.77. The molecule has 1 aliphatic heterocycles. The van der Waals surface area contributed by atoms with Gasteiger partial charge in [0, 0.05) is 40.9 Å². The summed E-state index contributed by atoms with van der Waals surface area (Å²) in [7, 11) is 0. The third-order valence-electron chi connectivity index (χ3n) is 3.72. The first-order valence-electron chi connectivity index (χ1n) is 7.66. The van der Waals surface area contributed by atoms with Crippen molar-refractivity contribution in [3.05, 3.63) is 47.7 Å². The van der Waals surface area contributed by atoms with Gasteiger partial charge in [0.05, 0.1) is 0 Å². The number of nitrogens with one attached hydrogen (secondary N) is 2. The molecule has 1 aromatic carbocycles. The molecule has 1 unspecified atom stereocenters. The summed E-state index contributed by atoms with van der Waals surface area (Å²) in [5.74, 6) is -2.51. The number of rotatable bonds is 4. The third kappa shape index (κ3) is 4.67. The first kappa shape index (κ1) is 18.2. The SMILES string of the molecule is NCCC1Cc2c[nH]c3cccc(c23)C(=O)N1.O=C(O)/C=C\C(=O)O. The minimum atomic E-state index is -1.26. The molecule has 8 nitrogen and oxygen atoms in total. The summed E-state index contributed by atoms with van der Waals surface area (Å²) in [6, 6.07) is 5.92. The number of carboxylic acids is 2. The van der Waals surface area contributed by atoms with Gasteiger partial charge in [-0.25, -0.2) is 9.59 Å². The van der Waals surface area contributed by atoms with Gasteiger partial charge in [-0.05, 0) is 37.1 Å². The molecule has 0 saturated heterocycles. The van der Waals surface area contributed by atoms with E-state index in [0.717, 1.165) is 29.3 Å². The fourth-order valence-corrected chi connectivity index (χ4v) is 2.70. The number of carbonyl (C=O) groups is 3. The van der Waals surface area contributed by atoms with Crippen LogP contribution >= 0.6 is 0 Å². The second-order valence-corrected chi connectivity index (χ2v) is 5.50. The summed E-state index contributed by atoms with van der Waals surface area (Å²) in [4.78, 5) is 34.4. The topological polar surface area (TPSA) is 146 Å². The van der Waals surface area contributed by atoms with E-state index in [0.29, 0.717) is 18.7 Å². The van der Waals surface area contributed by atoms with Crippen molar-refractivity contribution < 1.29 is 24.6 Å². The Bertz CT molecular complexity index is 809. The number of carboxylic acid groups (broad SMARTS) is 2. The lowest BCUT2D eigenvalue weighted by Crippen LogP contribution is -2.36. The number of aromatic amines is 1. The number of amides is 1. The smallest absolute Gasteiger partial charge is 0.328 e. The van der Waals surface area contributed by atoms with Gasteiger partial charge in [0.25, 0.3) is 5.91 Å². The molecule has 6 N–H and O–H groups in total. The maximum Gasteiger partial charge on any atom is 0.328 e. The van der Waals surface area contributed by atoms with Crippen LogP contribution in [0.25, 0.3) is 10.9 Å². The molecule has 1 atom stereocenters. The molecule has 3 rings (SSSR count). The number of nitrogens with two attached hydrogens (primary N) is 1. The summed E-state index contributed by atoms with van der Waals surface area (Å²) >= 11 is 0. The van der Waals surface area contributed by atoms with Crippen LogP contribution in [0.2, 0.25) is 0 Å². The van der Waals surface area contributed by atoms with E-state index in [2.05, 4.69) is 10.3 Å². The highest BCUT2D eigenvalue weighted by molar-refractivity contribution is 6.08. The lowest BCUT2D eigenvalue weighted by molar-refractivity contribution is -0.134. The normalized spacial score (nSPS) is 16.0. The predicted molar refractivity (Wildman–Crippen MR) is 91.3 cm³/mol. The van der Waals surface area contributed by atoms with E-state index in [-0.39, 0.29) is 11.9 Å². The van der Waals surface area contributed by atoms with Crippen LogP contribution in [0.1, 0.15) is 22.3 Å². The number of aliphatic carboxylic acids is 2. The molecule has 2 heterocycles. The number of hydrogen-bond acceptors (Lipinski definition) is 4. The van der Waals surface area contributed by atoms with E-state index in [4.69, 9.17) is 15.9 Å². The maximum absolute atomic E-state index is 12.1. The highest BCUT2D eigenvalue weighted by Gasteiger charge is 2.23. The van der Waals surface area contributed by atoms with Crippen molar-refractivity contribution >= 4 is 28.7 Å². The Hall–Kier alpha value is -3.13. The van der Waals surface area contributed by atoms with Gasteiger partial charge in [-0.15, -0.1) is 0 Å². The highest BCUT2D eigenvalue weighted by atomic mass is 16.4. The molecule has 0 radical (unpaired) electrons. The van der Waals surface area contributed by atoms with Crippen molar-refractivity contribution in [2.24, 2.45) is 5.73 Å². The van der Waals surface area contributed by atoms with Crippen molar-refractivity contribution in [1.82, 2.24) is 10.3 Å². The minimum Gasteiger partial charge on any atom is -0.478 e. The molecular weight excluding hydrogens is 326 g/mol. The van der Waals surface area contributed by atoms with Gasteiger partial charge in [0.1, 0.15) is 0 Å². The van der Waals surface area contributed by atoms with Crippen molar-refractivity contribution in [2.75, 3.05) is 6.54 Å². The fourth-order valence-electron chi connectivity index (χ4n) is 2.70. The van der Waals surface area contributed by atoms with Crippen molar-refractivity contribution in [2.45, 2.75) is 18.9 Å². The molecule has 1 aromatic heterocycles. The van der Waals surface area contributed by atoms with Gasteiger partial charge in [-0.1, -0.05) is 6.07 Å². The van der Waals surface area contributed by atoms with E-state index in [1.54, 1.807) is 0 Å². The van der Waals surface area contributed by atoms with Crippen LogP contribution in [-0.4, -0.2) is 45.6 Å². The average molecular weight is 345 g/mol. The Morgan fingerprint density at radius 2 is 1.92 bits per heavy atom. The van der Waals surface area contributed by atoms with Crippen LogP contribution in [0, 0.1) is 0 Å². The third-order valence-corrected chi connectivity index (χ3v) is 3.72. The van der Waals surface area contributed by atoms with Crippen LogP contribution in [0.3, 0.4) is 0 Å². The summed E-state index contributed by atoms with van der Waals surface area (Å²) in [5.41, 5.74) is 8.57. The zero-order chi connectivity index (χ0) is 18.4. The molecule has 0 aliphatic carbocycles. The Kier molecular flexibility index (Phi) is 5.91. The van der Waals surface area contributed by atoms with Gasteiger partial charge in [-0.3, -0.25) is 4.79 Å². The predicted octanol–water partition coefficient (Wildman–Crippen LogP) is 0.883. The van der Waals surface area contributed by atoms with Crippen LogP contribution < -0.4 is 11.1 Å². The van der Waals surface area contributed by atoms with E-state index in [1.807, 2.05) is 24.4 Å². The summed E-state index contributed by atoms with van der Waals surface area (Å²) in [6.45, 7) is 0.592. The zero-order valence-electron chi connectivity index (χ0n) is 13.4. The number of hydrogen-bond donors (Lipinski definition) is 5. The Morgan fingerprint density at radius 3 is 2.52 bits per heavy atom. The molecule has 2 aromatic rings. The van der Waals surface area contributed by atoms with E-state index in [1.165, 1.54) is 5.56 Å². The first-order valence-corrected chi connectivity index (χ1v) is 7.66. The maximum atomic E-state index is 12.1. The number of aromatic nitrogens is 1. The lowest BCUT2D eigenvalue weighted by Gasteiger charge is -2.14. The van der Waals surface area contributed by atoms with Gasteiger partial charge < -0.3 is 26.2 Å². The van der Waals surface area contributed by atoms with Crippen LogP contribution in [0.4, 0.5) is 0 Å². The average Bonchev–Trinajstić information content (AvgIpc) is 2.90. The molecule has 25 heavy (non-hydrogen) atoms. The molecule has 0 saturated carbocycles. The van der Waals surface area contributed by atoms with E-state index >= 15 is 0 Å². The van der Waals surface area contributed by atoms with Crippen molar-refractivity contribution in [1.29, 1.82) is 0 Å². The Balaban J connectivity index is 0.000000242. The zero-order valence-corrected chi connectivity index (χ0v) is 13.4. The van der Waals surface area contributed by atoms with E-state index < -0.39 is 11.9 Å². The standard InChI is InChI=1S/C13H15N3O.C4H4O4/c14-5-4-9-6-8-7-15-11-3-1-2-10(12(8)11)13(17)16-9;5-3(6)1-2-4(7)8/h1-3,7,9,15H,4-6,14H2,(H,16,17);1-2H,(H,5,6)(H,7,8)/b;2-1-. The fraction of sp³-hybridized carbons (Fsp3) is 0.235. The Labute approximate surface area is 143 Å².